The molecule has 0 amide bonds. The van der Waals surface area contributed by atoms with Gasteiger partial charge in [-0.25, -0.2) is 14.6 Å². The first kappa shape index (κ1) is 16.0. The zero-order valence-electron chi connectivity index (χ0n) is 11.5. The SMILES string of the molecule is CCC(OC(=O)O)C(OC(=O)O)Sc1nc2ccccc2o1. The molecule has 2 atom stereocenters. The number of carbonyl (C=O) groups is 2. The van der Waals surface area contributed by atoms with Crippen LogP contribution in [0.15, 0.2) is 33.9 Å². The molecule has 1 aromatic heterocycles. The molecule has 2 N–H and O–H groups in total. The predicted octanol–water partition coefficient (Wildman–Crippen LogP) is 3.41. The highest BCUT2D eigenvalue weighted by Crippen LogP contribution is 2.31. The van der Waals surface area contributed by atoms with Gasteiger partial charge in [0, 0.05) is 0 Å². The van der Waals surface area contributed by atoms with Crippen LogP contribution in [0.2, 0.25) is 0 Å². The van der Waals surface area contributed by atoms with Gasteiger partial charge in [-0.05, 0) is 30.3 Å². The van der Waals surface area contributed by atoms with Crippen LogP contribution >= 0.6 is 11.8 Å². The summed E-state index contributed by atoms with van der Waals surface area (Å²) in [5.74, 6) is 0. The molecule has 0 bridgehead atoms. The van der Waals surface area contributed by atoms with Crippen molar-refractivity contribution in [3.8, 4) is 0 Å². The fourth-order valence-corrected chi connectivity index (χ4v) is 2.75. The van der Waals surface area contributed by atoms with Gasteiger partial charge in [0.05, 0.1) is 0 Å². The molecule has 0 saturated heterocycles. The van der Waals surface area contributed by atoms with Crippen LogP contribution in [-0.4, -0.2) is 39.0 Å². The highest BCUT2D eigenvalue weighted by molar-refractivity contribution is 7.99. The summed E-state index contributed by atoms with van der Waals surface area (Å²) in [6.07, 6.45) is -3.80. The van der Waals surface area contributed by atoms with Crippen LogP contribution in [-0.2, 0) is 9.47 Å². The van der Waals surface area contributed by atoms with Crippen LogP contribution in [0.5, 0.6) is 0 Å². The Morgan fingerprint density at radius 3 is 2.55 bits per heavy atom. The predicted molar refractivity (Wildman–Crippen MR) is 76.0 cm³/mol. The maximum atomic E-state index is 10.8. The van der Waals surface area contributed by atoms with Gasteiger partial charge in [0.25, 0.3) is 5.22 Å². The van der Waals surface area contributed by atoms with E-state index in [1.165, 1.54) is 0 Å². The van der Waals surface area contributed by atoms with Crippen molar-refractivity contribution in [2.45, 2.75) is 30.1 Å². The average molecular weight is 327 g/mol. The second-order valence-electron chi connectivity index (χ2n) is 4.15. The molecule has 9 heteroatoms. The van der Waals surface area contributed by atoms with Gasteiger partial charge in [-0.15, -0.1) is 0 Å². The van der Waals surface area contributed by atoms with E-state index in [9.17, 15) is 9.59 Å². The van der Waals surface area contributed by atoms with E-state index in [2.05, 4.69) is 9.72 Å². The smallest absolute Gasteiger partial charge is 0.450 e. The van der Waals surface area contributed by atoms with Crippen molar-refractivity contribution in [3.63, 3.8) is 0 Å². The van der Waals surface area contributed by atoms with Crippen LogP contribution in [0.25, 0.3) is 11.1 Å². The molecule has 1 aromatic carbocycles. The first-order valence-corrected chi connectivity index (χ1v) is 7.19. The van der Waals surface area contributed by atoms with Gasteiger partial charge in [-0.1, -0.05) is 19.1 Å². The Morgan fingerprint density at radius 1 is 1.27 bits per heavy atom. The van der Waals surface area contributed by atoms with Crippen molar-refractivity contribution in [2.24, 2.45) is 0 Å². The largest absolute Gasteiger partial charge is 0.507 e. The van der Waals surface area contributed by atoms with Crippen LogP contribution in [0.4, 0.5) is 9.59 Å². The zero-order chi connectivity index (χ0) is 16.1. The molecule has 0 aliphatic heterocycles. The molecule has 2 aromatic rings. The standard InChI is InChI=1S/C13H13NO7S/c1-2-8(20-12(15)16)10(21-13(17)18)22-11-14-7-5-3-4-6-9(7)19-11/h3-6,8,10H,2H2,1H3,(H,15,16)(H,17,18). The lowest BCUT2D eigenvalue weighted by atomic mass is 10.3. The van der Waals surface area contributed by atoms with Crippen molar-refractivity contribution in [1.29, 1.82) is 0 Å². The molecule has 0 fully saturated rings. The molecule has 0 aliphatic carbocycles. The summed E-state index contributed by atoms with van der Waals surface area (Å²) in [5, 5.41) is 17.7. The van der Waals surface area contributed by atoms with Crippen molar-refractivity contribution in [1.82, 2.24) is 4.98 Å². The lowest BCUT2D eigenvalue weighted by Gasteiger charge is -2.21. The molecular formula is C13H13NO7S. The van der Waals surface area contributed by atoms with Gasteiger partial charge in [-0.2, -0.15) is 0 Å². The Hall–Kier alpha value is -2.42. The number of para-hydroxylation sites is 2. The minimum atomic E-state index is -1.54. The third-order valence-electron chi connectivity index (χ3n) is 2.67. The third kappa shape index (κ3) is 4.04. The molecule has 22 heavy (non-hydrogen) atoms. The number of ether oxygens (including phenoxy) is 2. The topological polar surface area (TPSA) is 119 Å². The number of carboxylic acid groups (broad SMARTS) is 2. The van der Waals surface area contributed by atoms with Gasteiger partial charge in [0.1, 0.15) is 5.52 Å². The first-order chi connectivity index (χ1) is 10.5. The van der Waals surface area contributed by atoms with E-state index in [1.54, 1.807) is 31.2 Å². The molecule has 0 spiro atoms. The number of rotatable bonds is 6. The van der Waals surface area contributed by atoms with Gasteiger partial charge in [-0.3, -0.25) is 0 Å². The Balaban J connectivity index is 2.20. The summed E-state index contributed by atoms with van der Waals surface area (Å²) in [6.45, 7) is 1.65. The van der Waals surface area contributed by atoms with E-state index >= 15 is 0 Å². The van der Waals surface area contributed by atoms with Crippen LogP contribution < -0.4 is 0 Å². The second-order valence-corrected chi connectivity index (χ2v) is 5.20. The average Bonchev–Trinajstić information content (AvgIpc) is 2.85. The number of nitrogens with zero attached hydrogens (tertiary/aromatic N) is 1. The molecule has 2 rings (SSSR count). The molecule has 0 aliphatic rings. The number of thioether (sulfide) groups is 1. The van der Waals surface area contributed by atoms with Gasteiger partial charge in [0.2, 0.25) is 0 Å². The number of benzene rings is 1. The Kier molecular flexibility index (Phi) is 5.10. The summed E-state index contributed by atoms with van der Waals surface area (Å²) in [6, 6.07) is 7.01. The Morgan fingerprint density at radius 2 is 1.95 bits per heavy atom. The molecule has 2 unspecified atom stereocenters. The third-order valence-corrected chi connectivity index (χ3v) is 3.67. The second kappa shape index (κ2) is 7.03. The highest BCUT2D eigenvalue weighted by atomic mass is 32.2. The first-order valence-electron chi connectivity index (χ1n) is 6.31. The van der Waals surface area contributed by atoms with Crippen molar-refractivity contribution in [3.05, 3.63) is 24.3 Å². The van der Waals surface area contributed by atoms with Crippen molar-refractivity contribution in [2.75, 3.05) is 0 Å². The summed E-state index contributed by atoms with van der Waals surface area (Å²) in [5.41, 5.74) is 0.0178. The Labute approximate surface area is 129 Å². The van der Waals surface area contributed by atoms with E-state index in [0.717, 1.165) is 11.8 Å². The quantitative estimate of drug-likeness (QED) is 0.467. The minimum absolute atomic E-state index is 0.167. The van der Waals surface area contributed by atoms with Crippen LogP contribution in [0.1, 0.15) is 13.3 Å². The molecule has 8 nitrogen and oxygen atoms in total. The fourth-order valence-electron chi connectivity index (χ4n) is 1.74. The maximum absolute atomic E-state index is 10.8. The summed E-state index contributed by atoms with van der Waals surface area (Å²) >= 11 is 0.848. The number of oxazole rings is 1. The lowest BCUT2D eigenvalue weighted by Crippen LogP contribution is -2.31. The monoisotopic (exact) mass is 327 g/mol. The van der Waals surface area contributed by atoms with Gasteiger partial charge in [0.15, 0.2) is 17.1 Å². The van der Waals surface area contributed by atoms with E-state index < -0.39 is 23.9 Å². The summed E-state index contributed by atoms with van der Waals surface area (Å²) in [4.78, 5) is 25.6. The highest BCUT2D eigenvalue weighted by Gasteiger charge is 2.30. The fraction of sp³-hybridized carbons (Fsp3) is 0.308. The van der Waals surface area contributed by atoms with E-state index in [4.69, 9.17) is 19.4 Å². The molecule has 118 valence electrons. The summed E-state index contributed by atoms with van der Waals surface area (Å²) in [7, 11) is 0. The molecule has 0 saturated carbocycles. The molecule has 1 heterocycles. The maximum Gasteiger partial charge on any atom is 0.507 e. The molecular weight excluding hydrogens is 314 g/mol. The van der Waals surface area contributed by atoms with Crippen molar-refractivity contribution < 1.29 is 33.7 Å². The number of hydrogen-bond donors (Lipinski definition) is 2. The molecule has 0 radical (unpaired) electrons. The minimum Gasteiger partial charge on any atom is -0.450 e. The van der Waals surface area contributed by atoms with E-state index in [1.807, 2.05) is 0 Å². The van der Waals surface area contributed by atoms with Crippen LogP contribution in [0, 0.1) is 0 Å². The number of aromatic nitrogens is 1. The Bertz CT molecular complexity index is 638. The van der Waals surface area contributed by atoms with E-state index in [0.29, 0.717) is 11.1 Å². The zero-order valence-corrected chi connectivity index (χ0v) is 12.3. The summed E-state index contributed by atoms with van der Waals surface area (Å²) < 4.78 is 14.8. The normalized spacial score (nSPS) is 13.5. The van der Waals surface area contributed by atoms with E-state index in [-0.39, 0.29) is 11.6 Å². The number of fused-ring (bicyclic) bond motifs is 1. The van der Waals surface area contributed by atoms with Crippen LogP contribution in [0.3, 0.4) is 0 Å². The van der Waals surface area contributed by atoms with Gasteiger partial charge >= 0.3 is 12.3 Å². The lowest BCUT2D eigenvalue weighted by molar-refractivity contribution is -0.00907. The number of hydrogen-bond acceptors (Lipinski definition) is 7. The van der Waals surface area contributed by atoms with Crippen molar-refractivity contribution >= 4 is 35.2 Å². The van der Waals surface area contributed by atoms with Gasteiger partial charge < -0.3 is 24.1 Å².